The van der Waals surface area contributed by atoms with Crippen molar-refractivity contribution >= 4 is 5.91 Å². The molecule has 1 amide bonds. The Balaban J connectivity index is 3.76. The van der Waals surface area contributed by atoms with Crippen molar-refractivity contribution in [3.8, 4) is 0 Å². The van der Waals surface area contributed by atoms with Crippen LogP contribution in [0.4, 0.5) is 0 Å². The summed E-state index contributed by atoms with van der Waals surface area (Å²) in [5, 5.41) is 2.56. The predicted molar refractivity (Wildman–Crippen MR) is 51.9 cm³/mol. The van der Waals surface area contributed by atoms with Crippen molar-refractivity contribution in [1.82, 2.24) is 5.32 Å². The Labute approximate surface area is 74.4 Å². The van der Waals surface area contributed by atoms with Gasteiger partial charge < -0.3 is 5.32 Å². The Morgan fingerprint density at radius 2 is 2.17 bits per heavy atom. The summed E-state index contributed by atoms with van der Waals surface area (Å²) in [6, 6.07) is 0. The monoisotopic (exact) mass is 167 g/mol. The minimum absolute atomic E-state index is 0.0514. The van der Waals surface area contributed by atoms with Crippen LogP contribution >= 0.6 is 0 Å². The second-order valence-corrected chi connectivity index (χ2v) is 2.64. The van der Waals surface area contributed by atoms with E-state index in [9.17, 15) is 4.79 Å². The third-order valence-electron chi connectivity index (χ3n) is 1.49. The van der Waals surface area contributed by atoms with Gasteiger partial charge in [-0.25, -0.2) is 0 Å². The molecule has 0 aliphatic rings. The molecule has 0 aliphatic heterocycles. The smallest absolute Gasteiger partial charge is 0.223 e. The van der Waals surface area contributed by atoms with E-state index in [2.05, 4.69) is 18.3 Å². The third kappa shape index (κ3) is 5.71. The first-order valence-electron chi connectivity index (χ1n) is 4.24. The molecule has 0 saturated carbocycles. The minimum Gasteiger partial charge on any atom is -0.359 e. The molecule has 0 atom stereocenters. The molecule has 0 heterocycles. The highest BCUT2D eigenvalue weighted by Crippen LogP contribution is 1.97. The van der Waals surface area contributed by atoms with Crippen LogP contribution in [0.3, 0.4) is 0 Å². The lowest BCUT2D eigenvalue weighted by Gasteiger charge is -1.93. The van der Waals surface area contributed by atoms with Crippen molar-refractivity contribution in [3.05, 3.63) is 23.8 Å². The van der Waals surface area contributed by atoms with E-state index in [-0.39, 0.29) is 5.91 Å². The highest BCUT2D eigenvalue weighted by atomic mass is 16.1. The third-order valence-corrected chi connectivity index (χ3v) is 1.49. The van der Waals surface area contributed by atoms with E-state index in [1.165, 1.54) is 5.57 Å². The molecule has 0 bridgehead atoms. The maximum absolute atomic E-state index is 10.8. The van der Waals surface area contributed by atoms with Crippen LogP contribution in [0.25, 0.3) is 0 Å². The van der Waals surface area contributed by atoms with E-state index < -0.39 is 0 Å². The molecule has 0 radical (unpaired) electrons. The van der Waals surface area contributed by atoms with Gasteiger partial charge in [0.2, 0.25) is 5.91 Å². The van der Waals surface area contributed by atoms with Crippen LogP contribution in [-0.4, -0.2) is 13.0 Å². The molecule has 1 N–H and O–H groups in total. The van der Waals surface area contributed by atoms with Crippen molar-refractivity contribution in [1.29, 1.82) is 0 Å². The van der Waals surface area contributed by atoms with Crippen molar-refractivity contribution in [2.45, 2.75) is 26.7 Å². The summed E-state index contributed by atoms with van der Waals surface area (Å²) in [6.07, 6.45) is 7.47. The van der Waals surface area contributed by atoms with Crippen LogP contribution in [0.5, 0.6) is 0 Å². The van der Waals surface area contributed by atoms with E-state index >= 15 is 0 Å². The summed E-state index contributed by atoms with van der Waals surface area (Å²) in [5.41, 5.74) is 1.21. The fourth-order valence-corrected chi connectivity index (χ4v) is 0.844. The van der Waals surface area contributed by atoms with Crippen LogP contribution in [0, 0.1) is 0 Å². The van der Waals surface area contributed by atoms with Crippen LogP contribution in [0.2, 0.25) is 0 Å². The van der Waals surface area contributed by atoms with Gasteiger partial charge >= 0.3 is 0 Å². The molecule has 0 saturated heterocycles. The Bertz CT molecular complexity index is 192. The average molecular weight is 167 g/mol. The quantitative estimate of drug-likeness (QED) is 0.638. The molecule has 0 aliphatic carbocycles. The summed E-state index contributed by atoms with van der Waals surface area (Å²) in [6.45, 7) is 4.12. The zero-order valence-electron chi connectivity index (χ0n) is 8.05. The summed E-state index contributed by atoms with van der Waals surface area (Å²) >= 11 is 0. The van der Waals surface area contributed by atoms with E-state index in [1.54, 1.807) is 7.05 Å². The molecule has 0 aromatic carbocycles. The molecule has 0 spiro atoms. The Morgan fingerprint density at radius 1 is 1.50 bits per heavy atom. The average Bonchev–Trinajstić information content (AvgIpc) is 2.04. The fourth-order valence-electron chi connectivity index (χ4n) is 0.844. The largest absolute Gasteiger partial charge is 0.359 e. The van der Waals surface area contributed by atoms with Crippen molar-refractivity contribution in [3.63, 3.8) is 0 Å². The Hall–Kier alpha value is -1.05. The van der Waals surface area contributed by atoms with E-state index in [4.69, 9.17) is 0 Å². The lowest BCUT2D eigenvalue weighted by Crippen LogP contribution is -2.15. The lowest BCUT2D eigenvalue weighted by molar-refractivity contribution is -0.119. The molecule has 2 heteroatoms. The zero-order valence-corrected chi connectivity index (χ0v) is 8.05. The number of amides is 1. The number of carbonyl (C=O) groups excluding carboxylic acids is 1. The maximum Gasteiger partial charge on any atom is 0.223 e. The van der Waals surface area contributed by atoms with Gasteiger partial charge in [0.05, 0.1) is 0 Å². The summed E-state index contributed by atoms with van der Waals surface area (Å²) in [7, 11) is 1.64. The summed E-state index contributed by atoms with van der Waals surface area (Å²) < 4.78 is 0. The second-order valence-electron chi connectivity index (χ2n) is 2.64. The Kier molecular flexibility index (Phi) is 6.07. The molecule has 2 nitrogen and oxygen atoms in total. The molecule has 0 aromatic rings. The van der Waals surface area contributed by atoms with Gasteiger partial charge in [0.25, 0.3) is 0 Å². The van der Waals surface area contributed by atoms with Gasteiger partial charge in [-0.2, -0.15) is 0 Å². The summed E-state index contributed by atoms with van der Waals surface area (Å²) in [5.74, 6) is 0.0514. The number of hydrogen-bond acceptors (Lipinski definition) is 1. The molecule has 0 rings (SSSR count). The molecule has 68 valence electrons. The predicted octanol–water partition coefficient (Wildman–Crippen LogP) is 2.04. The van der Waals surface area contributed by atoms with Crippen molar-refractivity contribution in [2.75, 3.05) is 7.05 Å². The maximum atomic E-state index is 10.8. The molecule has 0 fully saturated rings. The zero-order chi connectivity index (χ0) is 9.40. The Morgan fingerprint density at radius 3 is 2.67 bits per heavy atom. The van der Waals surface area contributed by atoms with E-state index in [0.717, 1.165) is 6.42 Å². The van der Waals surface area contributed by atoms with Gasteiger partial charge in [-0.3, -0.25) is 4.79 Å². The van der Waals surface area contributed by atoms with Crippen LogP contribution in [0.1, 0.15) is 26.7 Å². The highest BCUT2D eigenvalue weighted by Gasteiger charge is 1.90. The topological polar surface area (TPSA) is 29.1 Å². The number of nitrogens with one attached hydrogen (secondary N) is 1. The SMILES string of the molecule is CC/C=C(C)/C=C\CC(=O)NC. The van der Waals surface area contributed by atoms with Gasteiger partial charge in [0.1, 0.15) is 0 Å². The molecule has 0 unspecified atom stereocenters. The fraction of sp³-hybridized carbons (Fsp3) is 0.500. The molecule has 0 aromatic heterocycles. The van der Waals surface area contributed by atoms with E-state index in [1.807, 2.05) is 19.1 Å². The first kappa shape index (κ1) is 11.0. The first-order chi connectivity index (χ1) is 5.70. The normalized spacial score (nSPS) is 12.1. The standard InChI is InChI=1S/C10H17NO/c1-4-6-9(2)7-5-8-10(12)11-3/h5-7H,4,8H2,1-3H3,(H,11,12)/b7-5-,9-6+. The number of hydrogen-bond donors (Lipinski definition) is 1. The van der Waals surface area contributed by atoms with Gasteiger partial charge in [-0.1, -0.05) is 30.7 Å². The van der Waals surface area contributed by atoms with Gasteiger partial charge in [-0.15, -0.1) is 0 Å². The number of rotatable bonds is 4. The summed E-state index contributed by atoms with van der Waals surface area (Å²) in [4.78, 5) is 10.8. The highest BCUT2D eigenvalue weighted by molar-refractivity contribution is 5.77. The van der Waals surface area contributed by atoms with Gasteiger partial charge in [-0.05, 0) is 13.3 Å². The molecular weight excluding hydrogens is 150 g/mol. The van der Waals surface area contributed by atoms with Crippen molar-refractivity contribution in [2.24, 2.45) is 0 Å². The first-order valence-corrected chi connectivity index (χ1v) is 4.24. The number of carbonyl (C=O) groups is 1. The lowest BCUT2D eigenvalue weighted by atomic mass is 10.2. The molecular formula is C10H17NO. The van der Waals surface area contributed by atoms with E-state index in [0.29, 0.717) is 6.42 Å². The minimum atomic E-state index is 0.0514. The van der Waals surface area contributed by atoms with Crippen LogP contribution < -0.4 is 5.32 Å². The second kappa shape index (κ2) is 6.65. The molecule has 12 heavy (non-hydrogen) atoms. The number of allylic oxidation sites excluding steroid dienone is 3. The van der Waals surface area contributed by atoms with Gasteiger partial charge in [0, 0.05) is 13.5 Å². The van der Waals surface area contributed by atoms with Gasteiger partial charge in [0.15, 0.2) is 0 Å². The van der Waals surface area contributed by atoms with Crippen LogP contribution in [-0.2, 0) is 4.79 Å². The van der Waals surface area contributed by atoms with Crippen molar-refractivity contribution < 1.29 is 4.79 Å². The van der Waals surface area contributed by atoms with Crippen LogP contribution in [0.15, 0.2) is 23.8 Å².